The van der Waals surface area contributed by atoms with Gasteiger partial charge in [0.25, 0.3) is 15.9 Å². The number of rotatable bonds is 5. The van der Waals surface area contributed by atoms with E-state index in [-0.39, 0.29) is 29.3 Å². The first-order valence-corrected chi connectivity index (χ1v) is 10.9. The Morgan fingerprint density at radius 3 is 2.75 bits per heavy atom. The summed E-state index contributed by atoms with van der Waals surface area (Å²) in [5.41, 5.74) is 0.408. The van der Waals surface area contributed by atoms with Crippen LogP contribution in [0.1, 0.15) is 45.1 Å². The third-order valence-electron chi connectivity index (χ3n) is 5.13. The SMILES string of the molecule is C[C@H](N=C1NS(=O)(=O)c2ccccc21)C(=O)OCC(=O)N[C@@H]1CCCC[C@H]1C. The summed E-state index contributed by atoms with van der Waals surface area (Å²) in [7, 11) is -3.67. The second kappa shape index (κ2) is 8.30. The monoisotopic (exact) mass is 407 g/mol. The summed E-state index contributed by atoms with van der Waals surface area (Å²) in [6, 6.07) is 5.55. The van der Waals surface area contributed by atoms with Crippen LogP contribution in [-0.2, 0) is 24.3 Å². The average molecular weight is 407 g/mol. The number of sulfonamides is 1. The zero-order valence-electron chi connectivity index (χ0n) is 16.0. The number of carbonyl (C=O) groups is 2. The van der Waals surface area contributed by atoms with Crippen LogP contribution in [0.3, 0.4) is 0 Å². The van der Waals surface area contributed by atoms with Crippen molar-refractivity contribution in [3.8, 4) is 0 Å². The molecule has 152 valence electrons. The van der Waals surface area contributed by atoms with Gasteiger partial charge in [0.05, 0.1) is 4.90 Å². The minimum absolute atomic E-state index is 0.0977. The molecule has 9 heteroatoms. The molecule has 1 aliphatic carbocycles. The van der Waals surface area contributed by atoms with Crippen LogP contribution >= 0.6 is 0 Å². The highest BCUT2D eigenvalue weighted by Crippen LogP contribution is 2.24. The van der Waals surface area contributed by atoms with Gasteiger partial charge in [0.2, 0.25) is 0 Å². The summed E-state index contributed by atoms with van der Waals surface area (Å²) >= 11 is 0. The Kier molecular flexibility index (Phi) is 6.02. The Labute approximate surface area is 164 Å². The number of nitrogens with one attached hydrogen (secondary N) is 2. The van der Waals surface area contributed by atoms with Gasteiger partial charge in [-0.05, 0) is 37.8 Å². The molecule has 1 aliphatic heterocycles. The first-order chi connectivity index (χ1) is 13.3. The highest BCUT2D eigenvalue weighted by Gasteiger charge is 2.31. The summed E-state index contributed by atoms with van der Waals surface area (Å²) in [6.45, 7) is 3.22. The van der Waals surface area contributed by atoms with E-state index in [0.717, 1.165) is 19.3 Å². The number of hydrogen-bond acceptors (Lipinski definition) is 6. The van der Waals surface area contributed by atoms with Crippen molar-refractivity contribution in [1.82, 2.24) is 10.0 Å². The summed E-state index contributed by atoms with van der Waals surface area (Å²) < 4.78 is 31.6. The number of nitrogens with zero attached hydrogens (tertiary/aromatic N) is 1. The highest BCUT2D eigenvalue weighted by molar-refractivity contribution is 7.90. The number of hydrogen-bond donors (Lipinski definition) is 2. The molecule has 0 bridgehead atoms. The van der Waals surface area contributed by atoms with E-state index in [1.54, 1.807) is 18.2 Å². The number of amidine groups is 1. The van der Waals surface area contributed by atoms with E-state index in [2.05, 4.69) is 22.0 Å². The smallest absolute Gasteiger partial charge is 0.331 e. The molecule has 1 aromatic rings. The number of carbonyl (C=O) groups excluding carboxylic acids is 2. The molecule has 3 rings (SSSR count). The molecule has 0 radical (unpaired) electrons. The van der Waals surface area contributed by atoms with E-state index in [0.29, 0.717) is 11.5 Å². The molecule has 0 unspecified atom stereocenters. The quantitative estimate of drug-likeness (QED) is 0.715. The predicted octanol–water partition coefficient (Wildman–Crippen LogP) is 1.35. The molecule has 0 saturated heterocycles. The van der Waals surface area contributed by atoms with E-state index in [1.165, 1.54) is 19.4 Å². The van der Waals surface area contributed by atoms with Gasteiger partial charge >= 0.3 is 5.97 Å². The molecule has 8 nitrogen and oxygen atoms in total. The van der Waals surface area contributed by atoms with Crippen molar-refractivity contribution in [2.45, 2.75) is 56.5 Å². The maximum atomic E-state index is 12.2. The van der Waals surface area contributed by atoms with Crippen molar-refractivity contribution in [3.63, 3.8) is 0 Å². The molecule has 1 amide bonds. The molecule has 2 aliphatic rings. The summed E-state index contributed by atoms with van der Waals surface area (Å²) in [4.78, 5) is 28.5. The number of amides is 1. The van der Waals surface area contributed by atoms with Gasteiger partial charge in [-0.25, -0.2) is 13.2 Å². The van der Waals surface area contributed by atoms with Gasteiger partial charge in [-0.1, -0.05) is 31.9 Å². The minimum Gasteiger partial charge on any atom is -0.454 e. The predicted molar refractivity (Wildman–Crippen MR) is 103 cm³/mol. The molecule has 1 fully saturated rings. The molecule has 0 aromatic heterocycles. The molecule has 1 heterocycles. The van der Waals surface area contributed by atoms with Crippen molar-refractivity contribution >= 4 is 27.7 Å². The Hall–Kier alpha value is -2.42. The summed E-state index contributed by atoms with van der Waals surface area (Å²) in [6.07, 6.45) is 4.27. The van der Waals surface area contributed by atoms with Crippen LogP contribution in [0.4, 0.5) is 0 Å². The van der Waals surface area contributed by atoms with Crippen LogP contribution in [0.2, 0.25) is 0 Å². The molecular formula is C19H25N3O5S. The van der Waals surface area contributed by atoms with Crippen molar-refractivity contribution in [3.05, 3.63) is 29.8 Å². The van der Waals surface area contributed by atoms with E-state index in [4.69, 9.17) is 4.74 Å². The van der Waals surface area contributed by atoms with Crippen molar-refractivity contribution in [2.24, 2.45) is 10.9 Å². The minimum atomic E-state index is -3.67. The Morgan fingerprint density at radius 1 is 1.29 bits per heavy atom. The molecule has 3 atom stereocenters. The Balaban J connectivity index is 1.57. The van der Waals surface area contributed by atoms with Crippen LogP contribution in [0, 0.1) is 5.92 Å². The van der Waals surface area contributed by atoms with Crippen molar-refractivity contribution < 1.29 is 22.7 Å². The Bertz CT molecular complexity index is 897. The van der Waals surface area contributed by atoms with E-state index in [9.17, 15) is 18.0 Å². The van der Waals surface area contributed by atoms with Gasteiger partial charge in [-0.15, -0.1) is 0 Å². The maximum absolute atomic E-state index is 12.2. The third kappa shape index (κ3) is 4.52. The molecule has 1 aromatic carbocycles. The van der Waals surface area contributed by atoms with Gasteiger partial charge < -0.3 is 10.1 Å². The lowest BCUT2D eigenvalue weighted by molar-refractivity contribution is -0.149. The van der Waals surface area contributed by atoms with Crippen LogP contribution in [0.5, 0.6) is 0 Å². The lowest BCUT2D eigenvalue weighted by atomic mass is 9.86. The summed E-state index contributed by atoms with van der Waals surface area (Å²) in [5, 5.41) is 2.92. The fourth-order valence-electron chi connectivity index (χ4n) is 3.51. The van der Waals surface area contributed by atoms with Gasteiger partial charge in [-0.2, -0.15) is 0 Å². The first kappa shape index (κ1) is 20.3. The second-order valence-corrected chi connectivity index (χ2v) is 8.95. The molecular weight excluding hydrogens is 382 g/mol. The van der Waals surface area contributed by atoms with Gasteiger partial charge in [-0.3, -0.25) is 14.5 Å². The number of fused-ring (bicyclic) bond motifs is 1. The standard InChI is InChI=1S/C19H25N3O5S/c1-12-7-3-5-9-15(12)21-17(23)11-27-19(24)13(2)20-18-14-8-4-6-10-16(14)28(25,26)22-18/h4,6,8,10,12-13,15H,3,5,7,9,11H2,1-2H3,(H,20,22)(H,21,23)/t12-,13+,15-/m1/s1. The molecule has 2 N–H and O–H groups in total. The fourth-order valence-corrected chi connectivity index (χ4v) is 4.75. The van der Waals surface area contributed by atoms with Crippen molar-refractivity contribution in [2.75, 3.05) is 6.61 Å². The zero-order chi connectivity index (χ0) is 20.3. The van der Waals surface area contributed by atoms with Crippen LogP contribution < -0.4 is 10.0 Å². The van der Waals surface area contributed by atoms with Crippen molar-refractivity contribution in [1.29, 1.82) is 0 Å². The zero-order valence-corrected chi connectivity index (χ0v) is 16.8. The van der Waals surface area contributed by atoms with Gasteiger partial charge in [0, 0.05) is 11.6 Å². The molecule has 0 spiro atoms. The maximum Gasteiger partial charge on any atom is 0.331 e. The van der Waals surface area contributed by atoms with Gasteiger partial charge in [0.15, 0.2) is 6.61 Å². The lowest BCUT2D eigenvalue weighted by Crippen LogP contribution is -2.43. The average Bonchev–Trinajstić information content (AvgIpc) is 2.92. The number of esters is 1. The first-order valence-electron chi connectivity index (χ1n) is 9.44. The number of benzene rings is 1. The van der Waals surface area contributed by atoms with E-state index >= 15 is 0 Å². The normalized spacial score (nSPS) is 25.4. The van der Waals surface area contributed by atoms with E-state index < -0.39 is 22.0 Å². The number of ether oxygens (including phenoxy) is 1. The van der Waals surface area contributed by atoms with Crippen LogP contribution in [0.15, 0.2) is 34.2 Å². The van der Waals surface area contributed by atoms with Crippen LogP contribution in [0.25, 0.3) is 0 Å². The lowest BCUT2D eigenvalue weighted by Gasteiger charge is -2.29. The second-order valence-electron chi connectivity index (χ2n) is 7.30. The molecule has 1 saturated carbocycles. The van der Waals surface area contributed by atoms with Crippen LogP contribution in [-0.4, -0.2) is 44.8 Å². The summed E-state index contributed by atoms with van der Waals surface area (Å²) in [5.74, 6) is -0.517. The van der Waals surface area contributed by atoms with Gasteiger partial charge in [0.1, 0.15) is 11.9 Å². The largest absolute Gasteiger partial charge is 0.454 e. The molecule has 28 heavy (non-hydrogen) atoms. The fraction of sp³-hybridized carbons (Fsp3) is 0.526. The Morgan fingerprint density at radius 2 is 2.00 bits per heavy atom. The highest BCUT2D eigenvalue weighted by atomic mass is 32.2. The third-order valence-corrected chi connectivity index (χ3v) is 6.53. The van der Waals surface area contributed by atoms with E-state index in [1.807, 2.05) is 0 Å². The number of aliphatic imine (C=N–C) groups is 1. The topological polar surface area (TPSA) is 114 Å².